The molecule has 0 spiro atoms. The predicted molar refractivity (Wildman–Crippen MR) is 63.1 cm³/mol. The number of aliphatic hydroxyl groups is 1. The molecule has 1 atom stereocenters. The van der Waals surface area contributed by atoms with Gasteiger partial charge in [-0.25, -0.2) is 8.42 Å². The second kappa shape index (κ2) is 4.27. The third-order valence-electron chi connectivity index (χ3n) is 3.56. The maximum absolute atomic E-state index is 12.1. The van der Waals surface area contributed by atoms with Crippen LogP contribution in [0.15, 0.2) is 0 Å². The van der Waals surface area contributed by atoms with Crippen LogP contribution >= 0.6 is 0 Å². The Kier molecular flexibility index (Phi) is 3.29. The molecule has 94 valence electrons. The fourth-order valence-corrected chi connectivity index (χ4v) is 4.50. The van der Waals surface area contributed by atoms with Crippen molar-refractivity contribution in [1.82, 2.24) is 5.32 Å². The van der Waals surface area contributed by atoms with E-state index >= 15 is 0 Å². The van der Waals surface area contributed by atoms with E-state index in [1.54, 1.807) is 6.92 Å². The largest absolute Gasteiger partial charge is 0.393 e. The molecule has 0 amide bonds. The first-order valence-corrected chi connectivity index (χ1v) is 7.65. The summed E-state index contributed by atoms with van der Waals surface area (Å²) < 4.78 is 23.8. The van der Waals surface area contributed by atoms with E-state index in [4.69, 9.17) is 5.11 Å². The first-order valence-electron chi connectivity index (χ1n) is 6.10. The normalized spacial score (nSPS) is 25.4. The Morgan fingerprint density at radius 2 is 2.06 bits per heavy atom. The van der Waals surface area contributed by atoms with Gasteiger partial charge in [-0.3, -0.25) is 0 Å². The van der Waals surface area contributed by atoms with E-state index < -0.39 is 14.6 Å². The minimum Gasteiger partial charge on any atom is -0.393 e. The van der Waals surface area contributed by atoms with Gasteiger partial charge in [0.05, 0.1) is 16.1 Å². The lowest BCUT2D eigenvalue weighted by Crippen LogP contribution is -2.38. The lowest BCUT2D eigenvalue weighted by molar-refractivity contribution is 0.184. The molecular weight excluding hydrogens is 226 g/mol. The van der Waals surface area contributed by atoms with Crippen molar-refractivity contribution >= 4 is 9.84 Å². The van der Waals surface area contributed by atoms with Gasteiger partial charge < -0.3 is 10.4 Å². The number of aliphatic hydroxyl groups excluding tert-OH is 1. The lowest BCUT2D eigenvalue weighted by Gasteiger charge is -2.17. The Bertz CT molecular complexity index is 342. The van der Waals surface area contributed by atoms with E-state index in [0.717, 1.165) is 25.7 Å². The van der Waals surface area contributed by atoms with Gasteiger partial charge in [0.1, 0.15) is 0 Å². The molecule has 0 aromatic heterocycles. The Morgan fingerprint density at radius 3 is 2.50 bits per heavy atom. The van der Waals surface area contributed by atoms with Crippen LogP contribution in [0.5, 0.6) is 0 Å². The SMILES string of the molecule is CC(O)CCNCC1(S(=O)(=O)C2CC2)CC1. The zero-order valence-electron chi connectivity index (χ0n) is 9.78. The second-order valence-electron chi connectivity index (χ2n) is 5.24. The topological polar surface area (TPSA) is 66.4 Å². The summed E-state index contributed by atoms with van der Waals surface area (Å²) in [5.41, 5.74) is 0. The van der Waals surface area contributed by atoms with E-state index in [9.17, 15) is 8.42 Å². The van der Waals surface area contributed by atoms with Crippen molar-refractivity contribution < 1.29 is 13.5 Å². The molecule has 0 aromatic rings. The van der Waals surface area contributed by atoms with Crippen molar-refractivity contribution in [2.45, 2.75) is 55.1 Å². The van der Waals surface area contributed by atoms with Crippen LogP contribution in [0.3, 0.4) is 0 Å². The van der Waals surface area contributed by atoms with Crippen LogP contribution in [0.4, 0.5) is 0 Å². The van der Waals surface area contributed by atoms with Gasteiger partial charge >= 0.3 is 0 Å². The average molecular weight is 247 g/mol. The molecule has 2 saturated carbocycles. The maximum Gasteiger partial charge on any atom is 0.160 e. The Hall–Kier alpha value is -0.130. The summed E-state index contributed by atoms with van der Waals surface area (Å²) >= 11 is 0. The quantitative estimate of drug-likeness (QED) is 0.641. The molecule has 1 unspecified atom stereocenters. The fraction of sp³-hybridized carbons (Fsp3) is 1.00. The highest BCUT2D eigenvalue weighted by atomic mass is 32.2. The predicted octanol–water partition coefficient (Wildman–Crippen LogP) is 0.457. The molecule has 0 heterocycles. The fourth-order valence-electron chi connectivity index (χ4n) is 2.06. The van der Waals surface area contributed by atoms with Crippen molar-refractivity contribution in [2.75, 3.05) is 13.1 Å². The Balaban J connectivity index is 1.80. The molecule has 4 nitrogen and oxygen atoms in total. The second-order valence-corrected chi connectivity index (χ2v) is 7.86. The summed E-state index contributed by atoms with van der Waals surface area (Å²) in [7, 11) is -2.88. The molecule has 0 saturated heterocycles. The van der Waals surface area contributed by atoms with E-state index in [-0.39, 0.29) is 11.4 Å². The maximum atomic E-state index is 12.1. The molecule has 2 fully saturated rings. The summed E-state index contributed by atoms with van der Waals surface area (Å²) in [6.07, 6.45) is 3.71. The van der Waals surface area contributed by atoms with Crippen molar-refractivity contribution in [3.05, 3.63) is 0 Å². The molecule has 2 N–H and O–H groups in total. The first-order chi connectivity index (χ1) is 7.48. The van der Waals surface area contributed by atoms with Gasteiger partial charge in [0.15, 0.2) is 9.84 Å². The monoisotopic (exact) mass is 247 g/mol. The molecule has 16 heavy (non-hydrogen) atoms. The van der Waals surface area contributed by atoms with Gasteiger partial charge in [-0.15, -0.1) is 0 Å². The number of sulfone groups is 1. The third kappa shape index (κ3) is 2.41. The highest BCUT2D eigenvalue weighted by Gasteiger charge is 2.58. The van der Waals surface area contributed by atoms with Gasteiger partial charge in [0.2, 0.25) is 0 Å². The lowest BCUT2D eigenvalue weighted by atomic mass is 10.3. The Labute approximate surface area is 97.3 Å². The first kappa shape index (κ1) is 12.3. The van der Waals surface area contributed by atoms with Crippen LogP contribution in [0.2, 0.25) is 0 Å². The van der Waals surface area contributed by atoms with Crippen LogP contribution in [-0.4, -0.2) is 42.7 Å². The van der Waals surface area contributed by atoms with E-state index in [0.29, 0.717) is 19.5 Å². The summed E-state index contributed by atoms with van der Waals surface area (Å²) in [5.74, 6) is 0. The molecule has 2 rings (SSSR count). The third-order valence-corrected chi connectivity index (χ3v) is 6.67. The average Bonchev–Trinajstić information content (AvgIpc) is 3.01. The van der Waals surface area contributed by atoms with Gasteiger partial charge in [-0.1, -0.05) is 0 Å². The van der Waals surface area contributed by atoms with E-state index in [2.05, 4.69) is 5.32 Å². The number of nitrogens with one attached hydrogen (secondary N) is 1. The molecule has 0 bridgehead atoms. The highest BCUT2D eigenvalue weighted by Crippen LogP contribution is 2.49. The van der Waals surface area contributed by atoms with Gasteiger partial charge in [0.25, 0.3) is 0 Å². The standard InChI is InChI=1S/C11H21NO3S/c1-9(13)4-7-12-8-11(5-6-11)16(14,15)10-2-3-10/h9-10,12-13H,2-8H2,1H3. The minimum atomic E-state index is -2.88. The van der Waals surface area contributed by atoms with Crippen LogP contribution in [0.1, 0.15) is 39.0 Å². The van der Waals surface area contributed by atoms with E-state index in [1.807, 2.05) is 0 Å². The summed E-state index contributed by atoms with van der Waals surface area (Å²) in [5, 5.41) is 12.2. The Morgan fingerprint density at radius 1 is 1.44 bits per heavy atom. The summed E-state index contributed by atoms with van der Waals surface area (Å²) in [4.78, 5) is 0. The molecular formula is C11H21NO3S. The van der Waals surface area contributed by atoms with E-state index in [1.165, 1.54) is 0 Å². The molecule has 0 aliphatic heterocycles. The smallest absolute Gasteiger partial charge is 0.160 e. The van der Waals surface area contributed by atoms with Crippen LogP contribution < -0.4 is 5.32 Å². The van der Waals surface area contributed by atoms with Crippen LogP contribution in [0, 0.1) is 0 Å². The van der Waals surface area contributed by atoms with Gasteiger partial charge in [0, 0.05) is 6.54 Å². The molecule has 2 aliphatic rings. The number of hydrogen-bond donors (Lipinski definition) is 2. The van der Waals surface area contributed by atoms with Gasteiger partial charge in [-0.2, -0.15) is 0 Å². The van der Waals surface area contributed by atoms with Crippen molar-refractivity contribution in [3.8, 4) is 0 Å². The van der Waals surface area contributed by atoms with Crippen LogP contribution in [0.25, 0.3) is 0 Å². The molecule has 0 radical (unpaired) electrons. The zero-order chi connectivity index (χ0) is 11.8. The molecule has 2 aliphatic carbocycles. The number of rotatable bonds is 7. The highest BCUT2D eigenvalue weighted by molar-refractivity contribution is 7.94. The van der Waals surface area contributed by atoms with Crippen LogP contribution in [-0.2, 0) is 9.84 Å². The summed E-state index contributed by atoms with van der Waals surface area (Å²) in [6, 6.07) is 0. The zero-order valence-corrected chi connectivity index (χ0v) is 10.6. The molecule has 5 heteroatoms. The van der Waals surface area contributed by atoms with Gasteiger partial charge in [-0.05, 0) is 45.6 Å². The van der Waals surface area contributed by atoms with Crippen molar-refractivity contribution in [1.29, 1.82) is 0 Å². The van der Waals surface area contributed by atoms with Crippen molar-refractivity contribution in [2.24, 2.45) is 0 Å². The number of hydrogen-bond acceptors (Lipinski definition) is 4. The summed E-state index contributed by atoms with van der Waals surface area (Å²) in [6.45, 7) is 3.01. The minimum absolute atomic E-state index is 0.0476. The molecule has 0 aromatic carbocycles. The van der Waals surface area contributed by atoms with Crippen molar-refractivity contribution in [3.63, 3.8) is 0 Å².